The van der Waals surface area contributed by atoms with Gasteiger partial charge in [0.15, 0.2) is 0 Å². The minimum atomic E-state index is -3.73. The fourth-order valence-electron chi connectivity index (χ4n) is 2.86. The average molecular weight is 375 g/mol. The predicted molar refractivity (Wildman–Crippen MR) is 102 cm³/mol. The van der Waals surface area contributed by atoms with Gasteiger partial charge in [-0.05, 0) is 29.7 Å². The second-order valence-corrected chi connectivity index (χ2v) is 9.39. The first-order valence-corrected chi connectivity index (χ1v) is 10.1. The van der Waals surface area contributed by atoms with Crippen LogP contribution in [0.3, 0.4) is 0 Å². The number of sulfonamides is 1. The zero-order valence-electron chi connectivity index (χ0n) is 15.6. The number of rotatable bonds is 6. The molecule has 1 unspecified atom stereocenters. The Morgan fingerprint density at radius 1 is 1.12 bits per heavy atom. The first-order valence-electron chi connectivity index (χ1n) is 8.63. The van der Waals surface area contributed by atoms with Crippen LogP contribution in [0.15, 0.2) is 53.4 Å². The summed E-state index contributed by atoms with van der Waals surface area (Å²) in [6.45, 7) is 7.10. The van der Waals surface area contributed by atoms with Crippen molar-refractivity contribution < 1.29 is 17.9 Å². The lowest BCUT2D eigenvalue weighted by Crippen LogP contribution is -2.30. The van der Waals surface area contributed by atoms with Crippen molar-refractivity contribution in [3.63, 3.8) is 0 Å². The van der Waals surface area contributed by atoms with E-state index in [-0.39, 0.29) is 11.0 Å². The summed E-state index contributed by atoms with van der Waals surface area (Å²) >= 11 is 0. The molecule has 3 rings (SSSR count). The number of anilines is 1. The third-order valence-corrected chi connectivity index (χ3v) is 6.15. The minimum Gasteiger partial charge on any atom is -0.490 e. The minimum absolute atomic E-state index is 0.107. The third-order valence-electron chi connectivity index (χ3n) is 4.32. The molecule has 1 atom stereocenters. The molecule has 2 aromatic rings. The maximum absolute atomic E-state index is 13.3. The summed E-state index contributed by atoms with van der Waals surface area (Å²) in [5.74, 6) is 0.593. The van der Waals surface area contributed by atoms with Crippen molar-refractivity contribution in [1.82, 2.24) is 0 Å². The molecular formula is C20H25NO4S. The summed E-state index contributed by atoms with van der Waals surface area (Å²) in [4.78, 5) is 0.269. The summed E-state index contributed by atoms with van der Waals surface area (Å²) in [6.07, 6.45) is 0.107. The van der Waals surface area contributed by atoms with Crippen LogP contribution in [0.25, 0.3) is 0 Å². The average Bonchev–Trinajstić information content (AvgIpc) is 3.43. The third kappa shape index (κ3) is 3.86. The van der Waals surface area contributed by atoms with E-state index in [9.17, 15) is 8.42 Å². The highest BCUT2D eigenvalue weighted by Gasteiger charge is 2.33. The van der Waals surface area contributed by atoms with Crippen LogP contribution in [-0.4, -0.2) is 34.8 Å². The highest BCUT2D eigenvalue weighted by atomic mass is 32.2. The zero-order valence-corrected chi connectivity index (χ0v) is 16.4. The molecule has 0 radical (unpaired) electrons. The van der Waals surface area contributed by atoms with Gasteiger partial charge in [0.2, 0.25) is 0 Å². The largest absolute Gasteiger partial charge is 0.490 e. The molecule has 5 nitrogen and oxygen atoms in total. The molecule has 0 aliphatic carbocycles. The Labute approximate surface area is 155 Å². The van der Waals surface area contributed by atoms with Crippen molar-refractivity contribution in [2.24, 2.45) is 0 Å². The van der Waals surface area contributed by atoms with Crippen LogP contribution in [0.2, 0.25) is 0 Å². The second kappa shape index (κ2) is 6.93. The van der Waals surface area contributed by atoms with Gasteiger partial charge in [-0.25, -0.2) is 8.42 Å². The van der Waals surface area contributed by atoms with Crippen LogP contribution in [0.4, 0.5) is 5.69 Å². The maximum atomic E-state index is 13.3. The number of benzene rings is 2. The van der Waals surface area contributed by atoms with Gasteiger partial charge in [0.25, 0.3) is 10.0 Å². The highest BCUT2D eigenvalue weighted by molar-refractivity contribution is 7.92. The van der Waals surface area contributed by atoms with Crippen molar-refractivity contribution in [1.29, 1.82) is 0 Å². The van der Waals surface area contributed by atoms with E-state index < -0.39 is 15.4 Å². The smallest absolute Gasteiger partial charge is 0.264 e. The van der Waals surface area contributed by atoms with E-state index in [1.165, 1.54) is 4.31 Å². The summed E-state index contributed by atoms with van der Waals surface area (Å²) in [6, 6.07) is 14.3. The standard InChI is InChI=1S/C20H25NO4S/c1-20(2,3)19-17(25-14-16-13-24-16)11-8-12-18(19)26(22,23)21(4)15-9-6-5-7-10-15/h5-12,16H,13-14H2,1-4H3. The van der Waals surface area contributed by atoms with Gasteiger partial charge < -0.3 is 9.47 Å². The van der Waals surface area contributed by atoms with Crippen molar-refractivity contribution in [3.8, 4) is 5.75 Å². The first kappa shape index (κ1) is 18.7. The maximum Gasteiger partial charge on any atom is 0.264 e. The van der Waals surface area contributed by atoms with E-state index in [4.69, 9.17) is 9.47 Å². The van der Waals surface area contributed by atoms with E-state index >= 15 is 0 Å². The van der Waals surface area contributed by atoms with Gasteiger partial charge in [-0.15, -0.1) is 0 Å². The van der Waals surface area contributed by atoms with Gasteiger partial charge in [0, 0.05) is 12.6 Å². The van der Waals surface area contributed by atoms with E-state index in [2.05, 4.69) is 0 Å². The number of epoxide rings is 1. The van der Waals surface area contributed by atoms with Crippen LogP contribution in [0.5, 0.6) is 5.75 Å². The fraction of sp³-hybridized carbons (Fsp3) is 0.400. The van der Waals surface area contributed by atoms with Gasteiger partial charge in [0.05, 0.1) is 17.2 Å². The van der Waals surface area contributed by atoms with Gasteiger partial charge >= 0.3 is 0 Å². The van der Waals surface area contributed by atoms with Gasteiger partial charge in [-0.1, -0.05) is 45.0 Å². The molecule has 1 aliphatic heterocycles. The predicted octanol–water partition coefficient (Wildman–Crippen LogP) is 3.59. The molecule has 0 aromatic heterocycles. The van der Waals surface area contributed by atoms with Crippen LogP contribution >= 0.6 is 0 Å². The molecule has 2 aromatic carbocycles. The SMILES string of the molecule is CN(c1ccccc1)S(=O)(=O)c1cccc(OCC2CO2)c1C(C)(C)C. The van der Waals surface area contributed by atoms with Gasteiger partial charge in [-0.2, -0.15) is 0 Å². The molecular weight excluding hydrogens is 350 g/mol. The number of hydrogen-bond donors (Lipinski definition) is 0. The number of hydrogen-bond acceptors (Lipinski definition) is 4. The Morgan fingerprint density at radius 2 is 1.77 bits per heavy atom. The normalized spacial score (nSPS) is 17.0. The Bertz CT molecular complexity index is 868. The fourth-order valence-corrected chi connectivity index (χ4v) is 4.47. The summed E-state index contributed by atoms with van der Waals surface area (Å²) in [7, 11) is -2.16. The number of nitrogens with zero attached hydrogens (tertiary/aromatic N) is 1. The first-order chi connectivity index (χ1) is 12.2. The van der Waals surface area contributed by atoms with E-state index in [0.717, 1.165) is 0 Å². The lowest BCUT2D eigenvalue weighted by Gasteiger charge is -2.28. The Morgan fingerprint density at radius 3 is 2.35 bits per heavy atom. The van der Waals surface area contributed by atoms with E-state index in [0.29, 0.717) is 30.2 Å². The molecule has 6 heteroatoms. The molecule has 0 amide bonds. The summed E-state index contributed by atoms with van der Waals surface area (Å²) < 4.78 is 39.1. The topological polar surface area (TPSA) is 59.1 Å². The number of ether oxygens (including phenoxy) is 2. The van der Waals surface area contributed by atoms with Crippen molar-refractivity contribution >= 4 is 15.7 Å². The van der Waals surface area contributed by atoms with Crippen molar-refractivity contribution in [3.05, 3.63) is 54.1 Å². The molecule has 0 spiro atoms. The molecule has 1 aliphatic rings. The molecule has 0 N–H and O–H groups in total. The second-order valence-electron chi connectivity index (χ2n) is 7.45. The van der Waals surface area contributed by atoms with Crippen LogP contribution in [-0.2, 0) is 20.2 Å². The van der Waals surface area contributed by atoms with Crippen molar-refractivity contribution in [2.45, 2.75) is 37.2 Å². The molecule has 140 valence electrons. The van der Waals surface area contributed by atoms with Crippen LogP contribution in [0.1, 0.15) is 26.3 Å². The number of para-hydroxylation sites is 1. The highest BCUT2D eigenvalue weighted by Crippen LogP contribution is 2.38. The van der Waals surface area contributed by atoms with Crippen LogP contribution < -0.4 is 9.04 Å². The van der Waals surface area contributed by atoms with Crippen LogP contribution in [0, 0.1) is 0 Å². The quantitative estimate of drug-likeness (QED) is 0.724. The van der Waals surface area contributed by atoms with Crippen molar-refractivity contribution in [2.75, 3.05) is 24.6 Å². The zero-order chi connectivity index (χ0) is 18.9. The Kier molecular flexibility index (Phi) is 4.99. The molecule has 1 saturated heterocycles. The molecule has 1 heterocycles. The Hall–Kier alpha value is -2.05. The van der Waals surface area contributed by atoms with Gasteiger partial charge in [0.1, 0.15) is 18.5 Å². The summed E-state index contributed by atoms with van der Waals surface area (Å²) in [5.41, 5.74) is 0.898. The van der Waals surface area contributed by atoms with E-state index in [1.807, 2.05) is 45.0 Å². The molecule has 26 heavy (non-hydrogen) atoms. The lowest BCUT2D eigenvalue weighted by molar-refractivity contribution is 0.257. The lowest BCUT2D eigenvalue weighted by atomic mass is 9.86. The van der Waals surface area contributed by atoms with E-state index in [1.54, 1.807) is 31.3 Å². The molecule has 0 bridgehead atoms. The summed E-state index contributed by atoms with van der Waals surface area (Å²) in [5, 5.41) is 0. The molecule has 0 saturated carbocycles. The Balaban J connectivity index is 2.06. The monoisotopic (exact) mass is 375 g/mol. The molecule has 1 fully saturated rings. The van der Waals surface area contributed by atoms with Gasteiger partial charge in [-0.3, -0.25) is 4.31 Å².